The van der Waals surface area contributed by atoms with E-state index >= 15 is 0 Å². The highest BCUT2D eigenvalue weighted by atomic mass is 32.1. The van der Waals surface area contributed by atoms with Crippen LogP contribution in [0.2, 0.25) is 0 Å². The Kier molecular flexibility index (Phi) is 2.09. The molecular weight excluding hydrogens is 162 g/mol. The van der Waals surface area contributed by atoms with Crippen LogP contribution in [-0.4, -0.2) is 10.6 Å². The van der Waals surface area contributed by atoms with E-state index in [4.69, 9.17) is 5.73 Å². The van der Waals surface area contributed by atoms with Gasteiger partial charge in [-0.1, -0.05) is 0 Å². The molecule has 0 spiro atoms. The summed E-state index contributed by atoms with van der Waals surface area (Å²) in [5.41, 5.74) is 5.96. The van der Waals surface area contributed by atoms with Crippen LogP contribution in [-0.2, 0) is 7.05 Å². The quantitative estimate of drug-likeness (QED) is 0.602. The zero-order valence-corrected chi connectivity index (χ0v) is 7.18. The van der Waals surface area contributed by atoms with Crippen LogP contribution in [0.15, 0.2) is 10.4 Å². The first kappa shape index (κ1) is 8.00. The van der Waals surface area contributed by atoms with Gasteiger partial charge in [0.05, 0.1) is 0 Å². The average Bonchev–Trinajstić information content (AvgIpc) is 2.18. The molecule has 0 saturated heterocycles. The molecule has 4 nitrogen and oxygen atoms in total. The molecule has 0 aromatic carbocycles. The molecular formula is C6H9N3OS. The minimum absolute atomic E-state index is 0.634. The van der Waals surface area contributed by atoms with Crippen molar-refractivity contribution in [3.05, 3.63) is 15.9 Å². The fourth-order valence-corrected chi connectivity index (χ4v) is 1.52. The summed E-state index contributed by atoms with van der Waals surface area (Å²) in [6, 6.07) is -0.651. The molecule has 0 saturated carbocycles. The standard InChI is InChI=1S/C6H9N3OS/c1-4-3-11-6(9(4)2)8-5(7)10/h3H,1-2H3,(H2,7,10). The van der Waals surface area contributed by atoms with Crippen LogP contribution in [0, 0.1) is 6.92 Å². The molecule has 60 valence electrons. The number of carbonyl (C=O) groups excluding carboxylic acids is 1. The van der Waals surface area contributed by atoms with Gasteiger partial charge < -0.3 is 10.3 Å². The molecule has 0 radical (unpaired) electrons. The SMILES string of the molecule is Cc1csc(=NC(N)=O)n1C. The Labute approximate surface area is 68.0 Å². The highest BCUT2D eigenvalue weighted by Crippen LogP contribution is 1.95. The van der Waals surface area contributed by atoms with Gasteiger partial charge in [0.25, 0.3) is 0 Å². The molecule has 0 aliphatic heterocycles. The van der Waals surface area contributed by atoms with Gasteiger partial charge in [-0.3, -0.25) is 0 Å². The van der Waals surface area contributed by atoms with Crippen LogP contribution in [0.1, 0.15) is 5.69 Å². The van der Waals surface area contributed by atoms with E-state index < -0.39 is 6.03 Å². The molecule has 0 bridgehead atoms. The summed E-state index contributed by atoms with van der Waals surface area (Å²) >= 11 is 1.40. The van der Waals surface area contributed by atoms with E-state index in [1.807, 2.05) is 23.9 Å². The molecule has 0 aliphatic carbocycles. The molecule has 5 heteroatoms. The van der Waals surface area contributed by atoms with Gasteiger partial charge in [0, 0.05) is 18.1 Å². The lowest BCUT2D eigenvalue weighted by atomic mass is 10.6. The molecule has 2 N–H and O–H groups in total. The second-order valence-electron chi connectivity index (χ2n) is 2.17. The maximum Gasteiger partial charge on any atom is 0.341 e. The largest absolute Gasteiger partial charge is 0.350 e. The zero-order chi connectivity index (χ0) is 8.43. The maximum absolute atomic E-state index is 10.4. The minimum atomic E-state index is -0.651. The van der Waals surface area contributed by atoms with Crippen LogP contribution in [0.4, 0.5) is 4.79 Å². The first-order chi connectivity index (χ1) is 5.11. The second-order valence-corrected chi connectivity index (χ2v) is 3.01. The number of thiazole rings is 1. The molecule has 2 amide bonds. The van der Waals surface area contributed by atoms with Crippen molar-refractivity contribution in [2.24, 2.45) is 17.8 Å². The fourth-order valence-electron chi connectivity index (χ4n) is 0.643. The number of aryl methyl sites for hydroxylation is 1. The number of urea groups is 1. The van der Waals surface area contributed by atoms with Gasteiger partial charge in [-0.15, -0.1) is 11.3 Å². The first-order valence-corrected chi connectivity index (χ1v) is 3.94. The summed E-state index contributed by atoms with van der Waals surface area (Å²) in [5, 5.41) is 1.92. The molecule has 1 rings (SSSR count). The van der Waals surface area contributed by atoms with Crippen molar-refractivity contribution in [2.75, 3.05) is 0 Å². The number of aromatic nitrogens is 1. The number of nitrogens with two attached hydrogens (primary N) is 1. The molecule has 1 heterocycles. The molecule has 0 atom stereocenters. The normalized spacial score (nSPS) is 12.0. The smallest absolute Gasteiger partial charge is 0.341 e. The number of carbonyl (C=O) groups is 1. The molecule has 0 aliphatic rings. The second kappa shape index (κ2) is 2.87. The third-order valence-corrected chi connectivity index (χ3v) is 2.39. The number of nitrogens with zero attached hydrogens (tertiary/aromatic N) is 2. The summed E-state index contributed by atoms with van der Waals surface area (Å²) < 4.78 is 1.81. The van der Waals surface area contributed by atoms with Crippen LogP contribution in [0.3, 0.4) is 0 Å². The van der Waals surface area contributed by atoms with Crippen molar-refractivity contribution in [1.82, 2.24) is 4.57 Å². The van der Waals surface area contributed by atoms with E-state index in [0.717, 1.165) is 5.69 Å². The van der Waals surface area contributed by atoms with Gasteiger partial charge in [-0.25, -0.2) is 4.79 Å². The number of primary amides is 1. The Hall–Kier alpha value is -1.10. The predicted molar refractivity (Wildman–Crippen MR) is 43.2 cm³/mol. The van der Waals surface area contributed by atoms with E-state index in [-0.39, 0.29) is 0 Å². The summed E-state index contributed by atoms with van der Waals surface area (Å²) in [4.78, 5) is 14.6. The topological polar surface area (TPSA) is 60.4 Å². The number of hydrogen-bond donors (Lipinski definition) is 1. The van der Waals surface area contributed by atoms with Crippen molar-refractivity contribution in [3.8, 4) is 0 Å². The Morgan fingerprint density at radius 1 is 1.82 bits per heavy atom. The summed E-state index contributed by atoms with van der Waals surface area (Å²) in [6.07, 6.45) is 0. The molecule has 1 aromatic rings. The van der Waals surface area contributed by atoms with Gasteiger partial charge in [-0.05, 0) is 6.92 Å². The summed E-state index contributed by atoms with van der Waals surface area (Å²) in [7, 11) is 1.84. The van der Waals surface area contributed by atoms with Crippen molar-refractivity contribution < 1.29 is 4.79 Å². The third kappa shape index (κ3) is 1.68. The van der Waals surface area contributed by atoms with Crippen molar-refractivity contribution in [2.45, 2.75) is 6.92 Å². The lowest BCUT2D eigenvalue weighted by Gasteiger charge is -1.91. The summed E-state index contributed by atoms with van der Waals surface area (Å²) in [6.45, 7) is 1.94. The van der Waals surface area contributed by atoms with Crippen LogP contribution < -0.4 is 10.5 Å². The molecule has 11 heavy (non-hydrogen) atoms. The lowest BCUT2D eigenvalue weighted by molar-refractivity contribution is 0.256. The maximum atomic E-state index is 10.4. The van der Waals surface area contributed by atoms with Gasteiger partial charge in [0.2, 0.25) is 0 Å². The van der Waals surface area contributed by atoms with E-state index in [2.05, 4.69) is 4.99 Å². The predicted octanol–water partition coefficient (Wildman–Crippen LogP) is 0.374. The van der Waals surface area contributed by atoms with E-state index in [1.165, 1.54) is 11.3 Å². The highest BCUT2D eigenvalue weighted by Gasteiger charge is 1.95. The third-order valence-electron chi connectivity index (χ3n) is 1.36. The number of amides is 2. The number of hydrogen-bond acceptors (Lipinski definition) is 2. The van der Waals surface area contributed by atoms with Crippen LogP contribution in [0.5, 0.6) is 0 Å². The van der Waals surface area contributed by atoms with Crippen molar-refractivity contribution >= 4 is 17.4 Å². The molecule has 1 aromatic heterocycles. The van der Waals surface area contributed by atoms with Gasteiger partial charge in [0.15, 0.2) is 4.80 Å². The van der Waals surface area contributed by atoms with Gasteiger partial charge >= 0.3 is 6.03 Å². The first-order valence-electron chi connectivity index (χ1n) is 3.06. The van der Waals surface area contributed by atoms with E-state index in [1.54, 1.807) is 0 Å². The lowest BCUT2D eigenvalue weighted by Crippen LogP contribution is -2.17. The molecule has 0 fully saturated rings. The fraction of sp³-hybridized carbons (Fsp3) is 0.333. The Bertz CT molecular complexity index is 336. The zero-order valence-electron chi connectivity index (χ0n) is 6.37. The van der Waals surface area contributed by atoms with E-state index in [0.29, 0.717) is 4.80 Å². The van der Waals surface area contributed by atoms with Gasteiger partial charge in [-0.2, -0.15) is 4.99 Å². The Morgan fingerprint density at radius 3 is 2.82 bits per heavy atom. The molecule has 0 unspecified atom stereocenters. The van der Waals surface area contributed by atoms with Crippen molar-refractivity contribution in [1.29, 1.82) is 0 Å². The van der Waals surface area contributed by atoms with Gasteiger partial charge in [0.1, 0.15) is 0 Å². The Balaban J connectivity index is 3.25. The van der Waals surface area contributed by atoms with Crippen LogP contribution in [0.25, 0.3) is 0 Å². The monoisotopic (exact) mass is 171 g/mol. The highest BCUT2D eigenvalue weighted by molar-refractivity contribution is 7.07. The van der Waals surface area contributed by atoms with Crippen LogP contribution >= 0.6 is 11.3 Å². The summed E-state index contributed by atoms with van der Waals surface area (Å²) in [5.74, 6) is 0. The van der Waals surface area contributed by atoms with E-state index in [9.17, 15) is 4.79 Å². The Morgan fingerprint density at radius 2 is 2.45 bits per heavy atom. The number of rotatable bonds is 0. The average molecular weight is 171 g/mol. The minimum Gasteiger partial charge on any atom is -0.350 e. The van der Waals surface area contributed by atoms with Crippen molar-refractivity contribution in [3.63, 3.8) is 0 Å².